The summed E-state index contributed by atoms with van der Waals surface area (Å²) in [4.78, 5) is 19.0. The molecule has 1 aromatic heterocycles. The molecule has 0 radical (unpaired) electrons. The van der Waals surface area contributed by atoms with Gasteiger partial charge in [-0.15, -0.1) is 0 Å². The Labute approximate surface area is 185 Å². The Morgan fingerprint density at radius 1 is 1.03 bits per heavy atom. The number of ether oxygens (including phenoxy) is 2. The summed E-state index contributed by atoms with van der Waals surface area (Å²) >= 11 is 0. The highest BCUT2D eigenvalue weighted by Crippen LogP contribution is 2.31. The summed E-state index contributed by atoms with van der Waals surface area (Å²) in [6.45, 7) is 2.56. The Bertz CT molecular complexity index is 1230. The number of rotatable bonds is 7. The second kappa shape index (κ2) is 9.38. The summed E-state index contributed by atoms with van der Waals surface area (Å²) in [5, 5.41) is 9.08. The zero-order chi connectivity index (χ0) is 22.5. The maximum absolute atomic E-state index is 12.9. The molecule has 8 heteroatoms. The number of aromatic nitrogens is 2. The second-order valence-corrected chi connectivity index (χ2v) is 7.05. The average molecular weight is 432 g/mol. The summed E-state index contributed by atoms with van der Waals surface area (Å²) in [5.74, 6) is 1.93. The highest BCUT2D eigenvalue weighted by molar-refractivity contribution is 6.01. The van der Waals surface area contributed by atoms with Crippen LogP contribution in [0.15, 0.2) is 65.2 Å². The van der Waals surface area contributed by atoms with Gasteiger partial charge < -0.3 is 24.2 Å². The molecule has 0 aliphatic rings. The number of fused-ring (bicyclic) bond motifs is 1. The van der Waals surface area contributed by atoms with Crippen LogP contribution in [0.5, 0.6) is 11.5 Å². The van der Waals surface area contributed by atoms with Crippen molar-refractivity contribution in [3.05, 3.63) is 66.6 Å². The van der Waals surface area contributed by atoms with Crippen molar-refractivity contribution in [3.8, 4) is 22.9 Å². The lowest BCUT2D eigenvalue weighted by molar-refractivity contribution is 0.203. The molecule has 0 aliphatic carbocycles. The average Bonchev–Trinajstić information content (AvgIpc) is 3.31. The van der Waals surface area contributed by atoms with E-state index in [4.69, 9.17) is 14.0 Å². The monoisotopic (exact) mass is 432 g/mol. The number of urea groups is 1. The molecule has 164 valence electrons. The lowest BCUT2D eigenvalue weighted by Crippen LogP contribution is -2.34. The first-order chi connectivity index (χ1) is 15.6. The van der Waals surface area contributed by atoms with Gasteiger partial charge in [0.15, 0.2) is 11.5 Å². The fraction of sp³-hybridized carbons (Fsp3) is 0.208. The van der Waals surface area contributed by atoms with Crippen molar-refractivity contribution in [1.82, 2.24) is 15.0 Å². The zero-order valence-corrected chi connectivity index (χ0v) is 18.2. The van der Waals surface area contributed by atoms with Gasteiger partial charge in [0.25, 0.3) is 0 Å². The molecule has 2 amide bonds. The Balaban J connectivity index is 1.49. The van der Waals surface area contributed by atoms with Crippen LogP contribution < -0.4 is 14.8 Å². The largest absolute Gasteiger partial charge is 0.493 e. The molecular weight excluding hydrogens is 408 g/mol. The van der Waals surface area contributed by atoms with Gasteiger partial charge in [0.2, 0.25) is 11.7 Å². The SMILES string of the molecule is CCN(Cc1nc(-c2ccc(OC)c(OC)c2)no1)C(=O)Nc1cccc2ccccc12. The third kappa shape index (κ3) is 4.34. The molecule has 0 saturated carbocycles. The fourth-order valence-electron chi connectivity index (χ4n) is 3.43. The van der Waals surface area contributed by atoms with Crippen molar-refractivity contribution in [2.75, 3.05) is 26.1 Å². The molecule has 0 saturated heterocycles. The van der Waals surface area contributed by atoms with E-state index in [1.54, 1.807) is 31.3 Å². The minimum atomic E-state index is -0.241. The summed E-state index contributed by atoms with van der Waals surface area (Å²) in [6.07, 6.45) is 0. The van der Waals surface area contributed by atoms with Crippen molar-refractivity contribution in [3.63, 3.8) is 0 Å². The van der Waals surface area contributed by atoms with Gasteiger partial charge >= 0.3 is 6.03 Å². The van der Waals surface area contributed by atoms with Crippen LogP contribution in [-0.4, -0.2) is 41.8 Å². The number of nitrogens with zero attached hydrogens (tertiary/aromatic N) is 3. The quantitative estimate of drug-likeness (QED) is 0.444. The maximum Gasteiger partial charge on any atom is 0.322 e. The van der Waals surface area contributed by atoms with Crippen molar-refractivity contribution in [2.45, 2.75) is 13.5 Å². The topological polar surface area (TPSA) is 89.7 Å². The van der Waals surface area contributed by atoms with Gasteiger partial charge in [0.1, 0.15) is 6.54 Å². The van der Waals surface area contributed by atoms with Crippen molar-refractivity contribution in [1.29, 1.82) is 0 Å². The summed E-state index contributed by atoms with van der Waals surface area (Å²) in [6, 6.07) is 18.9. The molecule has 1 heterocycles. The number of nitrogens with one attached hydrogen (secondary N) is 1. The molecule has 0 atom stereocenters. The van der Waals surface area contributed by atoms with E-state index >= 15 is 0 Å². The number of hydrogen-bond acceptors (Lipinski definition) is 6. The molecule has 4 aromatic rings. The summed E-state index contributed by atoms with van der Waals surface area (Å²) in [5.41, 5.74) is 1.48. The fourth-order valence-corrected chi connectivity index (χ4v) is 3.43. The standard InChI is InChI=1S/C24H24N4O4/c1-4-28(24(29)25-19-11-7-9-16-8-5-6-10-18(16)19)15-22-26-23(27-32-22)17-12-13-20(30-2)21(14-17)31-3/h5-14H,4,15H2,1-3H3,(H,25,29). The van der Waals surface area contributed by atoms with Gasteiger partial charge in [0.05, 0.1) is 19.9 Å². The van der Waals surface area contributed by atoms with E-state index < -0.39 is 0 Å². The molecule has 0 aliphatic heterocycles. The molecule has 8 nitrogen and oxygen atoms in total. The molecule has 0 fully saturated rings. The van der Waals surface area contributed by atoms with E-state index in [1.165, 1.54) is 0 Å². The predicted octanol–water partition coefficient (Wildman–Crippen LogP) is 4.96. The predicted molar refractivity (Wildman–Crippen MR) is 122 cm³/mol. The van der Waals surface area contributed by atoms with E-state index in [0.717, 1.165) is 22.0 Å². The van der Waals surface area contributed by atoms with Crippen LogP contribution in [0.4, 0.5) is 10.5 Å². The Morgan fingerprint density at radius 2 is 1.81 bits per heavy atom. The molecule has 0 spiro atoms. The molecule has 1 N–H and O–H groups in total. The number of carbonyl (C=O) groups excluding carboxylic acids is 1. The molecular formula is C24H24N4O4. The van der Waals surface area contributed by atoms with E-state index in [-0.39, 0.29) is 12.6 Å². The number of anilines is 1. The third-order valence-electron chi connectivity index (χ3n) is 5.14. The van der Waals surface area contributed by atoms with Crippen molar-refractivity contribution < 1.29 is 18.8 Å². The van der Waals surface area contributed by atoms with Gasteiger partial charge in [-0.05, 0) is 36.6 Å². The van der Waals surface area contributed by atoms with Crippen molar-refractivity contribution in [2.24, 2.45) is 0 Å². The van der Waals surface area contributed by atoms with Crippen LogP contribution in [-0.2, 0) is 6.54 Å². The maximum atomic E-state index is 12.9. The van der Waals surface area contributed by atoms with Gasteiger partial charge in [-0.25, -0.2) is 4.79 Å². The summed E-state index contributed by atoms with van der Waals surface area (Å²) < 4.78 is 16.0. The Hall–Kier alpha value is -4.07. The van der Waals surface area contributed by atoms with Crippen LogP contribution in [0.1, 0.15) is 12.8 Å². The first-order valence-electron chi connectivity index (χ1n) is 10.2. The highest BCUT2D eigenvalue weighted by atomic mass is 16.5. The lowest BCUT2D eigenvalue weighted by atomic mass is 10.1. The Kier molecular flexibility index (Phi) is 6.21. The zero-order valence-electron chi connectivity index (χ0n) is 18.2. The van der Waals surface area contributed by atoms with E-state index in [9.17, 15) is 4.79 Å². The van der Waals surface area contributed by atoms with Gasteiger partial charge in [0, 0.05) is 17.5 Å². The van der Waals surface area contributed by atoms with Crippen LogP contribution in [0.3, 0.4) is 0 Å². The van der Waals surface area contributed by atoms with Crippen LogP contribution in [0, 0.1) is 0 Å². The first kappa shape index (κ1) is 21.2. The smallest absolute Gasteiger partial charge is 0.322 e. The van der Waals surface area contributed by atoms with Gasteiger partial charge in [-0.3, -0.25) is 0 Å². The van der Waals surface area contributed by atoms with Crippen LogP contribution >= 0.6 is 0 Å². The molecule has 4 rings (SSSR count). The van der Waals surface area contributed by atoms with Crippen LogP contribution in [0.25, 0.3) is 22.2 Å². The Morgan fingerprint density at radius 3 is 2.59 bits per heavy atom. The van der Waals surface area contributed by atoms with Crippen molar-refractivity contribution >= 4 is 22.5 Å². The minimum Gasteiger partial charge on any atom is -0.493 e. The first-order valence-corrected chi connectivity index (χ1v) is 10.2. The molecule has 32 heavy (non-hydrogen) atoms. The molecule has 0 unspecified atom stereocenters. The van der Waals surface area contributed by atoms with E-state index in [0.29, 0.717) is 29.8 Å². The molecule has 0 bridgehead atoms. The number of hydrogen-bond donors (Lipinski definition) is 1. The molecule has 3 aromatic carbocycles. The van der Waals surface area contributed by atoms with Gasteiger partial charge in [-0.1, -0.05) is 41.6 Å². The minimum absolute atomic E-state index is 0.188. The number of amides is 2. The highest BCUT2D eigenvalue weighted by Gasteiger charge is 2.18. The van der Waals surface area contributed by atoms with E-state index in [1.807, 2.05) is 55.5 Å². The number of carbonyl (C=O) groups is 1. The number of methoxy groups -OCH3 is 2. The summed E-state index contributed by atoms with van der Waals surface area (Å²) in [7, 11) is 3.14. The second-order valence-electron chi connectivity index (χ2n) is 7.05. The number of benzene rings is 3. The van der Waals surface area contributed by atoms with Gasteiger partial charge in [-0.2, -0.15) is 4.98 Å². The normalized spacial score (nSPS) is 10.7. The lowest BCUT2D eigenvalue weighted by Gasteiger charge is -2.20. The van der Waals surface area contributed by atoms with Crippen LogP contribution in [0.2, 0.25) is 0 Å². The third-order valence-corrected chi connectivity index (χ3v) is 5.14. The van der Waals surface area contributed by atoms with E-state index in [2.05, 4.69) is 15.5 Å².